The van der Waals surface area contributed by atoms with Crippen molar-refractivity contribution in [1.29, 1.82) is 15.8 Å². The summed E-state index contributed by atoms with van der Waals surface area (Å²) in [5.41, 5.74) is 1.71. The first kappa shape index (κ1) is 104. The fraction of sp³-hybridized carbons (Fsp3) is 0.281. The maximum atomic E-state index is 15.0. The van der Waals surface area contributed by atoms with Crippen molar-refractivity contribution in [3.8, 4) is 86.3 Å². The van der Waals surface area contributed by atoms with E-state index in [2.05, 4.69) is 52.9 Å². The maximum Gasteiger partial charge on any atom is 0.276 e. The van der Waals surface area contributed by atoms with Crippen molar-refractivity contribution < 1.29 is 42.9 Å². The molecule has 3 aliphatic rings. The van der Waals surface area contributed by atoms with Crippen molar-refractivity contribution in [3.63, 3.8) is 0 Å². The smallest absolute Gasteiger partial charge is 0.276 e. The second-order valence-electron chi connectivity index (χ2n) is 33.6. The highest BCUT2D eigenvalue weighted by molar-refractivity contribution is 6.52. The lowest BCUT2D eigenvalue weighted by molar-refractivity contribution is -0.129. The van der Waals surface area contributed by atoms with Gasteiger partial charge < -0.3 is 44.7 Å². The first-order valence-electron chi connectivity index (χ1n) is 42.4. The van der Waals surface area contributed by atoms with Crippen LogP contribution in [0.3, 0.4) is 0 Å². The van der Waals surface area contributed by atoms with E-state index in [1.54, 1.807) is 72.3 Å². The second-order valence-corrected chi connectivity index (χ2v) is 38.2. The number of pyridine rings is 9. The summed E-state index contributed by atoms with van der Waals surface area (Å²) < 4.78 is 48.8. The number of nitriles is 3. The molecule has 15 rings (SSSR count). The largest absolute Gasteiger partial charge is 0.504 e. The van der Waals surface area contributed by atoms with Crippen LogP contribution in [0.4, 0.5) is 30.2 Å². The van der Waals surface area contributed by atoms with Crippen molar-refractivity contribution >= 4 is 207 Å². The summed E-state index contributed by atoms with van der Waals surface area (Å²) in [5, 5.41) is 60.8. The SMILES string of the molecule is C=CC(=O)N1CCN(c2c(C#N)c(=O)n(-c3c(C)ccnc3C(C)C)c3nc(-c4c(O)c(F)c(Cl)c(Cl)c4Cl)c(Cl)cc23)C[C@H]1C.C=CC(=O)N1CCN(c2c(C#N)c(=O)n(-c3c(C)ccnc3C(C)C)c3nc(-c4c(O)c(F)c(Cl)c(Cl)c4Cl)c(Cl)cc23)C[C@H]1C.C=CC(=O)N1CCN(c2c(C#N)c(=O)n(-c3c(C)ccnc3C(C)C)c3nc(-c4c(O)c(F)c(Cl)c(Cl)c4Cl)c(Cl)cc23)C[C@H]1C. The normalized spacial score (nSPS) is 15.0. The first-order valence-corrected chi connectivity index (χ1v) is 46.9. The molecule has 0 spiro atoms. The Morgan fingerprint density at radius 1 is 0.399 bits per heavy atom. The summed E-state index contributed by atoms with van der Waals surface area (Å²) >= 11 is 76.3. The van der Waals surface area contributed by atoms with Crippen LogP contribution in [0.25, 0.3) is 83.9 Å². The van der Waals surface area contributed by atoms with E-state index < -0.39 is 66.4 Å². The molecule has 27 nitrogen and oxygen atoms in total. The van der Waals surface area contributed by atoms with Gasteiger partial charge in [-0.25, -0.2) is 28.1 Å². The van der Waals surface area contributed by atoms with E-state index in [0.29, 0.717) is 86.6 Å². The van der Waals surface area contributed by atoms with Gasteiger partial charge in [0.2, 0.25) is 17.7 Å². The van der Waals surface area contributed by atoms with Gasteiger partial charge in [0.05, 0.1) is 130 Å². The number of halogens is 15. The monoisotopic (exact) mass is 2110 g/mol. The van der Waals surface area contributed by atoms with Gasteiger partial charge in [0.15, 0.2) is 34.7 Å². The lowest BCUT2D eigenvalue weighted by Crippen LogP contribution is -2.54. The first-order chi connectivity index (χ1) is 65.2. The molecule has 42 heteroatoms. The Bertz CT molecular complexity index is 6790. The van der Waals surface area contributed by atoms with Crippen LogP contribution in [0.2, 0.25) is 60.3 Å². The number of aromatic hydroxyl groups is 3. The Morgan fingerprint density at radius 3 is 0.833 bits per heavy atom. The highest BCUT2D eigenvalue weighted by atomic mass is 35.5. The molecule has 3 aliphatic heterocycles. The quantitative estimate of drug-likeness (QED) is 0.0487. The van der Waals surface area contributed by atoms with Crippen LogP contribution in [0, 0.1) is 72.2 Å². The topological polar surface area (TPSA) is 346 Å². The van der Waals surface area contributed by atoms with E-state index >= 15 is 0 Å². The Balaban J connectivity index is 0.000000175. The van der Waals surface area contributed by atoms with Gasteiger partial charge in [-0.15, -0.1) is 0 Å². The highest BCUT2D eigenvalue weighted by Crippen LogP contribution is 2.54. The van der Waals surface area contributed by atoms with Gasteiger partial charge in [0, 0.05) is 112 Å². The molecule has 12 aromatic rings. The van der Waals surface area contributed by atoms with E-state index in [1.807, 2.05) is 77.0 Å². The summed E-state index contributed by atoms with van der Waals surface area (Å²) in [5.74, 6) is -7.64. The molecular formula is C96H81Cl12F3N18O9. The number of hydrogen-bond acceptors (Lipinski definition) is 21. The molecule has 0 radical (unpaired) electrons. The molecule has 3 atom stereocenters. The maximum absolute atomic E-state index is 15.0. The van der Waals surface area contributed by atoms with E-state index in [9.17, 15) is 73.0 Å². The minimum atomic E-state index is -1.23. The third-order valence-corrected chi connectivity index (χ3v) is 28.8. The summed E-state index contributed by atoms with van der Waals surface area (Å²) in [6.07, 6.45) is 8.59. The molecule has 138 heavy (non-hydrogen) atoms. The number of aryl methyl sites for hydroxylation is 3. The van der Waals surface area contributed by atoms with E-state index in [0.717, 1.165) is 0 Å². The average molecular weight is 2110 g/mol. The Labute approximate surface area is 848 Å². The fourth-order valence-electron chi connectivity index (χ4n) is 17.4. The molecule has 12 heterocycles. The van der Waals surface area contributed by atoms with Crippen LogP contribution >= 0.6 is 139 Å². The number of phenolic OH excluding ortho intramolecular Hbond substituents is 3. The Hall–Kier alpha value is -11.6. The third-order valence-electron chi connectivity index (χ3n) is 24.0. The highest BCUT2D eigenvalue weighted by Gasteiger charge is 2.40. The van der Waals surface area contributed by atoms with Crippen LogP contribution in [0.5, 0.6) is 17.2 Å². The molecule has 3 aromatic carbocycles. The number of phenols is 3. The van der Waals surface area contributed by atoms with Crippen LogP contribution in [0.15, 0.2) is 107 Å². The van der Waals surface area contributed by atoms with E-state index in [1.165, 1.54) is 50.1 Å². The predicted molar refractivity (Wildman–Crippen MR) is 538 cm³/mol. The van der Waals surface area contributed by atoms with Gasteiger partial charge in [-0.05, 0) is 131 Å². The van der Waals surface area contributed by atoms with Gasteiger partial charge in [0.25, 0.3) is 16.7 Å². The number of nitrogens with zero attached hydrogens (tertiary/aromatic N) is 18. The van der Waals surface area contributed by atoms with Crippen LogP contribution in [-0.4, -0.2) is 168 Å². The Kier molecular flexibility index (Phi) is 31.1. The van der Waals surface area contributed by atoms with Gasteiger partial charge in [0.1, 0.15) is 66.9 Å². The summed E-state index contributed by atoms with van der Waals surface area (Å²) in [7, 11) is 0. The number of aromatic nitrogens is 9. The molecule has 714 valence electrons. The molecule has 3 amide bonds. The zero-order valence-corrected chi connectivity index (χ0v) is 84.5. The number of piperazine rings is 3. The fourth-order valence-corrected chi connectivity index (χ4v) is 20.2. The zero-order chi connectivity index (χ0) is 101. The Morgan fingerprint density at radius 2 is 0.630 bits per heavy atom. The van der Waals surface area contributed by atoms with Crippen LogP contribution < -0.4 is 31.4 Å². The third kappa shape index (κ3) is 18.3. The predicted octanol–water partition coefficient (Wildman–Crippen LogP) is 22.3. The molecule has 0 unspecified atom stereocenters. The molecule has 3 N–H and O–H groups in total. The van der Waals surface area contributed by atoms with E-state index in [4.69, 9.17) is 154 Å². The molecule has 0 bridgehead atoms. The summed E-state index contributed by atoms with van der Waals surface area (Å²) in [6, 6.07) is 15.0. The minimum Gasteiger partial charge on any atom is -0.504 e. The number of anilines is 3. The lowest BCUT2D eigenvalue weighted by atomic mass is 10.0. The number of carbonyl (C=O) groups excluding carboxylic acids is 3. The van der Waals surface area contributed by atoms with Crippen molar-refractivity contribution in [2.45, 2.75) is 119 Å². The van der Waals surface area contributed by atoms with Gasteiger partial charge >= 0.3 is 0 Å². The van der Waals surface area contributed by atoms with Crippen molar-refractivity contribution in [2.75, 3.05) is 73.6 Å². The van der Waals surface area contributed by atoms with E-state index in [-0.39, 0.29) is 223 Å². The number of hydrogen-bond donors (Lipinski definition) is 3. The number of rotatable bonds is 15. The number of benzene rings is 3. The summed E-state index contributed by atoms with van der Waals surface area (Å²) in [4.78, 5) is 119. The standard InChI is InChI=1S/3C32H27Cl4FN6O3/c3*1-6-20(44)42-10-9-41(13-16(42)5)29-17-11-19(33)27(21-22(34)23(35)24(36)25(37)30(21)45)40-31(17)43(32(46)18(29)12-38)28-15(4)7-8-39-26(28)14(2)3/h3*6-8,11,14,16,45H,1,9-10,13H2,2-5H3/t3*16-/m111/s1. The van der Waals surface area contributed by atoms with Crippen LogP contribution in [-0.2, 0) is 14.4 Å². The van der Waals surface area contributed by atoms with Crippen molar-refractivity contribution in [3.05, 3.63) is 252 Å². The van der Waals surface area contributed by atoms with Crippen molar-refractivity contribution in [1.82, 2.24) is 58.3 Å². The molecule has 0 aliphatic carbocycles. The molecule has 9 aromatic heterocycles. The number of carbonyl (C=O) groups is 3. The molecule has 0 saturated carbocycles. The molecular weight excluding hydrogens is 2030 g/mol. The average Bonchev–Trinajstić information content (AvgIpc) is 0.726. The lowest BCUT2D eigenvalue weighted by Gasteiger charge is -2.41. The summed E-state index contributed by atoms with van der Waals surface area (Å²) in [6.45, 7) is 35.7. The number of fused-ring (bicyclic) bond motifs is 3. The van der Waals surface area contributed by atoms with Gasteiger partial charge in [-0.3, -0.25) is 57.4 Å². The van der Waals surface area contributed by atoms with Gasteiger partial charge in [-0.2, -0.15) is 15.8 Å². The number of amides is 3. The van der Waals surface area contributed by atoms with Gasteiger partial charge in [-0.1, -0.05) is 200 Å². The second kappa shape index (κ2) is 41.4. The van der Waals surface area contributed by atoms with Crippen LogP contribution in [0.1, 0.15) is 131 Å². The minimum absolute atomic E-state index is 0.0376. The molecule has 3 saturated heterocycles. The zero-order valence-electron chi connectivity index (χ0n) is 75.4. The van der Waals surface area contributed by atoms with Crippen molar-refractivity contribution in [2.24, 2.45) is 0 Å². The molecule has 3 fully saturated rings.